The van der Waals surface area contributed by atoms with Gasteiger partial charge in [-0.15, -0.1) is 11.3 Å². The van der Waals surface area contributed by atoms with Crippen molar-refractivity contribution in [3.05, 3.63) is 29.3 Å². The van der Waals surface area contributed by atoms with Crippen molar-refractivity contribution in [3.63, 3.8) is 0 Å². The number of aromatic nitrogens is 1. The third kappa shape index (κ3) is 3.07. The van der Waals surface area contributed by atoms with Crippen LogP contribution in [0.4, 0.5) is 0 Å². The molecule has 1 aliphatic heterocycles. The number of carbonyl (C=O) groups is 1. The van der Waals surface area contributed by atoms with Gasteiger partial charge in [-0.1, -0.05) is 12.1 Å². The number of hydrogen-bond acceptors (Lipinski definition) is 5. The molecule has 21 heavy (non-hydrogen) atoms. The van der Waals surface area contributed by atoms with Gasteiger partial charge >= 0.3 is 0 Å². The third-order valence-corrected chi connectivity index (χ3v) is 4.57. The average Bonchev–Trinajstić information content (AvgIpc) is 2.90. The molecule has 1 aromatic carbocycles. The maximum atomic E-state index is 12.8. The van der Waals surface area contributed by atoms with Crippen LogP contribution in [0.3, 0.4) is 0 Å². The highest BCUT2D eigenvalue weighted by Crippen LogP contribution is 2.24. The molecule has 0 radical (unpaired) electrons. The van der Waals surface area contributed by atoms with Crippen molar-refractivity contribution >= 4 is 27.5 Å². The summed E-state index contributed by atoms with van der Waals surface area (Å²) < 4.78 is 6.57. The predicted molar refractivity (Wildman–Crippen MR) is 83.8 cm³/mol. The van der Waals surface area contributed by atoms with E-state index in [1.54, 1.807) is 0 Å². The summed E-state index contributed by atoms with van der Waals surface area (Å²) in [4.78, 5) is 21.2. The fourth-order valence-electron chi connectivity index (χ4n) is 2.58. The highest BCUT2D eigenvalue weighted by Gasteiger charge is 2.30. The van der Waals surface area contributed by atoms with Gasteiger partial charge in [-0.2, -0.15) is 0 Å². The van der Waals surface area contributed by atoms with Crippen molar-refractivity contribution in [2.24, 2.45) is 0 Å². The second kappa shape index (κ2) is 6.09. The molecule has 0 bridgehead atoms. The number of nitrogens with zero attached hydrogens (tertiary/aromatic N) is 3. The van der Waals surface area contributed by atoms with E-state index in [4.69, 9.17) is 4.74 Å². The summed E-state index contributed by atoms with van der Waals surface area (Å²) in [5.41, 5.74) is 0.892. The van der Waals surface area contributed by atoms with E-state index >= 15 is 0 Å². The molecular formula is C15H19N3O2S. The van der Waals surface area contributed by atoms with Crippen molar-refractivity contribution in [2.75, 3.05) is 40.4 Å². The van der Waals surface area contributed by atoms with Crippen molar-refractivity contribution in [1.82, 2.24) is 14.8 Å². The number of para-hydroxylation sites is 1. The summed E-state index contributed by atoms with van der Waals surface area (Å²) >= 11 is 1.46. The van der Waals surface area contributed by atoms with E-state index in [2.05, 4.69) is 9.88 Å². The summed E-state index contributed by atoms with van der Waals surface area (Å²) in [6.45, 7) is 2.62. The number of fused-ring (bicyclic) bond motifs is 1. The normalized spacial score (nSPS) is 19.4. The lowest BCUT2D eigenvalue weighted by atomic mass is 10.2. The van der Waals surface area contributed by atoms with Crippen molar-refractivity contribution in [3.8, 4) is 0 Å². The Hall–Kier alpha value is -1.50. The van der Waals surface area contributed by atoms with E-state index < -0.39 is 0 Å². The summed E-state index contributed by atoms with van der Waals surface area (Å²) in [7, 11) is 4.02. The fourth-order valence-corrected chi connectivity index (χ4v) is 3.50. The fraction of sp³-hybridized carbons (Fsp3) is 0.467. The number of benzene rings is 1. The zero-order valence-electron chi connectivity index (χ0n) is 12.3. The van der Waals surface area contributed by atoms with E-state index in [0.29, 0.717) is 24.8 Å². The van der Waals surface area contributed by atoms with Crippen LogP contribution in [0.1, 0.15) is 9.80 Å². The van der Waals surface area contributed by atoms with Crippen LogP contribution < -0.4 is 0 Å². The smallest absolute Gasteiger partial charge is 0.283 e. The van der Waals surface area contributed by atoms with E-state index in [0.717, 1.165) is 16.8 Å². The number of morpholine rings is 1. The van der Waals surface area contributed by atoms with Gasteiger partial charge in [-0.25, -0.2) is 4.98 Å². The zero-order chi connectivity index (χ0) is 14.8. The number of likely N-dealkylation sites (N-methyl/N-ethyl adjacent to an activating group) is 1. The van der Waals surface area contributed by atoms with E-state index in [1.165, 1.54) is 11.3 Å². The Bertz CT molecular complexity index is 608. The minimum atomic E-state index is 0.0198. The molecular weight excluding hydrogens is 286 g/mol. The molecule has 1 saturated heterocycles. The number of rotatable bonds is 3. The van der Waals surface area contributed by atoms with Crippen LogP contribution in [0.15, 0.2) is 24.3 Å². The van der Waals surface area contributed by atoms with E-state index in [-0.39, 0.29) is 11.9 Å². The molecule has 1 amide bonds. The molecule has 1 unspecified atom stereocenters. The standard InChI is InChI=1S/C15H19N3O2S/c1-17(2)9-11-10-20-8-7-18(11)15(19)14-16-12-5-3-4-6-13(12)21-14/h3-6,11H,7-10H2,1-2H3. The SMILES string of the molecule is CN(C)CC1COCCN1C(=O)c1nc2ccccc2s1. The van der Waals surface area contributed by atoms with Crippen molar-refractivity contribution in [1.29, 1.82) is 0 Å². The van der Waals surface area contributed by atoms with Crippen LogP contribution >= 0.6 is 11.3 Å². The molecule has 1 aliphatic rings. The first-order chi connectivity index (χ1) is 10.1. The summed E-state index contributed by atoms with van der Waals surface area (Å²) in [5.74, 6) is 0.0198. The maximum absolute atomic E-state index is 12.8. The minimum Gasteiger partial charge on any atom is -0.377 e. The molecule has 1 aromatic heterocycles. The second-order valence-corrected chi connectivity index (χ2v) is 6.51. The Kier molecular flexibility index (Phi) is 4.19. The molecule has 2 aromatic rings. The lowest BCUT2D eigenvalue weighted by Gasteiger charge is -2.36. The first kappa shape index (κ1) is 14.4. The highest BCUT2D eigenvalue weighted by molar-refractivity contribution is 7.20. The van der Waals surface area contributed by atoms with Crippen LogP contribution in [-0.2, 0) is 4.74 Å². The Morgan fingerprint density at radius 3 is 3.05 bits per heavy atom. The molecule has 1 atom stereocenters. The van der Waals surface area contributed by atoms with Crippen LogP contribution in [-0.4, -0.2) is 67.1 Å². The predicted octanol–water partition coefficient (Wildman–Crippen LogP) is 1.70. The zero-order valence-corrected chi connectivity index (χ0v) is 13.1. The van der Waals surface area contributed by atoms with Crippen LogP contribution in [0, 0.1) is 0 Å². The number of carbonyl (C=O) groups excluding carboxylic acids is 1. The first-order valence-electron chi connectivity index (χ1n) is 7.04. The van der Waals surface area contributed by atoms with Gasteiger partial charge < -0.3 is 14.5 Å². The lowest BCUT2D eigenvalue weighted by Crippen LogP contribution is -2.52. The highest BCUT2D eigenvalue weighted by atomic mass is 32.1. The summed E-state index contributed by atoms with van der Waals surface area (Å²) in [5, 5.41) is 0.571. The third-order valence-electron chi connectivity index (χ3n) is 3.54. The van der Waals surface area contributed by atoms with Crippen molar-refractivity contribution in [2.45, 2.75) is 6.04 Å². The molecule has 112 valence electrons. The molecule has 2 heterocycles. The number of hydrogen-bond donors (Lipinski definition) is 0. The Balaban J connectivity index is 1.84. The van der Waals surface area contributed by atoms with Gasteiger partial charge in [0.1, 0.15) is 0 Å². The van der Waals surface area contributed by atoms with Gasteiger partial charge in [0.25, 0.3) is 5.91 Å². The number of ether oxygens (including phenoxy) is 1. The molecule has 1 fully saturated rings. The Morgan fingerprint density at radius 1 is 1.48 bits per heavy atom. The minimum absolute atomic E-state index is 0.0198. The summed E-state index contributed by atoms with van der Waals surface area (Å²) in [6, 6.07) is 7.95. The quantitative estimate of drug-likeness (QED) is 0.866. The Labute approximate surface area is 128 Å². The van der Waals surface area contributed by atoms with E-state index in [1.807, 2.05) is 43.3 Å². The van der Waals surface area contributed by atoms with Gasteiger partial charge in [-0.05, 0) is 26.2 Å². The van der Waals surface area contributed by atoms with Crippen molar-refractivity contribution < 1.29 is 9.53 Å². The second-order valence-electron chi connectivity index (χ2n) is 5.48. The molecule has 0 N–H and O–H groups in total. The maximum Gasteiger partial charge on any atom is 0.283 e. The number of thiazole rings is 1. The van der Waals surface area contributed by atoms with Crippen LogP contribution in [0.2, 0.25) is 0 Å². The van der Waals surface area contributed by atoms with Gasteiger partial charge in [-0.3, -0.25) is 4.79 Å². The monoisotopic (exact) mass is 305 g/mol. The molecule has 0 aliphatic carbocycles. The molecule has 5 nitrogen and oxygen atoms in total. The van der Waals surface area contributed by atoms with Crippen LogP contribution in [0.5, 0.6) is 0 Å². The largest absolute Gasteiger partial charge is 0.377 e. The first-order valence-corrected chi connectivity index (χ1v) is 7.86. The molecule has 6 heteroatoms. The van der Waals surface area contributed by atoms with Crippen LogP contribution in [0.25, 0.3) is 10.2 Å². The van der Waals surface area contributed by atoms with Gasteiger partial charge in [0, 0.05) is 13.1 Å². The van der Waals surface area contributed by atoms with Gasteiger partial charge in [0.2, 0.25) is 0 Å². The average molecular weight is 305 g/mol. The van der Waals surface area contributed by atoms with Gasteiger partial charge in [0.05, 0.1) is 29.5 Å². The topological polar surface area (TPSA) is 45.7 Å². The van der Waals surface area contributed by atoms with E-state index in [9.17, 15) is 4.79 Å². The number of amides is 1. The Morgan fingerprint density at radius 2 is 2.29 bits per heavy atom. The lowest BCUT2D eigenvalue weighted by molar-refractivity contribution is -0.00830. The van der Waals surface area contributed by atoms with Gasteiger partial charge in [0.15, 0.2) is 5.01 Å². The molecule has 0 spiro atoms. The molecule has 0 saturated carbocycles. The molecule has 3 rings (SSSR count). The summed E-state index contributed by atoms with van der Waals surface area (Å²) in [6.07, 6.45) is 0.